The smallest absolute Gasteiger partial charge is 0.236 e. The molecule has 5 nitrogen and oxygen atoms in total. The van der Waals surface area contributed by atoms with E-state index in [-0.39, 0.29) is 0 Å². The van der Waals surface area contributed by atoms with Crippen molar-refractivity contribution in [2.75, 3.05) is 12.4 Å². The van der Waals surface area contributed by atoms with Crippen molar-refractivity contribution in [3.63, 3.8) is 0 Å². The summed E-state index contributed by atoms with van der Waals surface area (Å²) in [5.74, 6) is 2.42. The van der Waals surface area contributed by atoms with Gasteiger partial charge in [0.25, 0.3) is 0 Å². The third-order valence-electron chi connectivity index (χ3n) is 4.55. The van der Waals surface area contributed by atoms with Gasteiger partial charge in [0.2, 0.25) is 5.78 Å². The minimum absolute atomic E-state index is 0.688. The van der Waals surface area contributed by atoms with Gasteiger partial charge in [0.1, 0.15) is 17.3 Å². The highest BCUT2D eigenvalue weighted by molar-refractivity contribution is 5.79. The summed E-state index contributed by atoms with van der Waals surface area (Å²) in [6.07, 6.45) is 0. The molecule has 0 aliphatic heterocycles. The summed E-state index contributed by atoms with van der Waals surface area (Å²) in [6, 6.07) is 18.3. The van der Waals surface area contributed by atoms with Crippen LogP contribution in [0.15, 0.2) is 54.6 Å². The van der Waals surface area contributed by atoms with Gasteiger partial charge in [-0.2, -0.15) is 0 Å². The van der Waals surface area contributed by atoms with Crippen molar-refractivity contribution in [2.24, 2.45) is 0 Å². The van der Waals surface area contributed by atoms with E-state index in [1.54, 1.807) is 7.11 Å². The third-order valence-corrected chi connectivity index (χ3v) is 4.55. The number of imidazole rings is 1. The average molecular weight is 358 g/mol. The Bertz CT molecular complexity index is 1110. The second-order valence-electron chi connectivity index (χ2n) is 6.71. The number of aryl methyl sites for hydroxylation is 3. The van der Waals surface area contributed by atoms with Crippen molar-refractivity contribution in [1.82, 2.24) is 14.4 Å². The first kappa shape index (κ1) is 17.1. The second-order valence-corrected chi connectivity index (χ2v) is 6.71. The molecular formula is C22H22N4O. The summed E-state index contributed by atoms with van der Waals surface area (Å²) in [6.45, 7) is 6.14. The van der Waals surface area contributed by atoms with Gasteiger partial charge < -0.3 is 10.1 Å². The molecule has 0 spiro atoms. The largest absolute Gasteiger partial charge is 0.497 e. The van der Waals surface area contributed by atoms with Crippen molar-refractivity contribution in [3.8, 4) is 17.0 Å². The first-order valence-electron chi connectivity index (χ1n) is 8.90. The number of benzene rings is 2. The number of rotatable bonds is 4. The van der Waals surface area contributed by atoms with Crippen molar-refractivity contribution in [1.29, 1.82) is 0 Å². The fourth-order valence-corrected chi connectivity index (χ4v) is 3.30. The van der Waals surface area contributed by atoms with E-state index in [4.69, 9.17) is 9.72 Å². The van der Waals surface area contributed by atoms with Crippen LogP contribution in [0.4, 0.5) is 11.5 Å². The van der Waals surface area contributed by atoms with Crippen LogP contribution in [0.1, 0.15) is 17.0 Å². The molecular weight excluding hydrogens is 336 g/mol. The number of hydrogen-bond acceptors (Lipinski definition) is 4. The second kappa shape index (κ2) is 6.76. The summed E-state index contributed by atoms with van der Waals surface area (Å²) in [5.41, 5.74) is 6.12. The predicted octanol–water partition coefficient (Wildman–Crippen LogP) is 5.07. The van der Waals surface area contributed by atoms with Crippen LogP contribution in [0.5, 0.6) is 5.75 Å². The Balaban J connectivity index is 1.92. The zero-order valence-electron chi connectivity index (χ0n) is 15.9. The molecule has 0 fully saturated rings. The van der Waals surface area contributed by atoms with Crippen LogP contribution < -0.4 is 10.1 Å². The van der Waals surface area contributed by atoms with Gasteiger partial charge in [-0.15, -0.1) is 0 Å². The molecule has 0 amide bonds. The van der Waals surface area contributed by atoms with Crippen LogP contribution in [0.25, 0.3) is 17.0 Å². The fraction of sp³-hybridized carbons (Fsp3) is 0.182. The van der Waals surface area contributed by atoms with Crippen LogP contribution >= 0.6 is 0 Å². The summed E-state index contributed by atoms with van der Waals surface area (Å²) in [4.78, 5) is 9.45. The lowest BCUT2D eigenvalue weighted by molar-refractivity contribution is 0.415. The van der Waals surface area contributed by atoms with Crippen molar-refractivity contribution in [3.05, 3.63) is 71.5 Å². The topological polar surface area (TPSA) is 51.5 Å². The molecule has 0 saturated carbocycles. The van der Waals surface area contributed by atoms with Gasteiger partial charge in [-0.25, -0.2) is 9.97 Å². The molecule has 0 saturated heterocycles. The highest BCUT2D eigenvalue weighted by Crippen LogP contribution is 2.32. The number of ether oxygens (including phenoxy) is 1. The highest BCUT2D eigenvalue weighted by atomic mass is 16.5. The zero-order chi connectivity index (χ0) is 19.0. The third kappa shape index (κ3) is 3.24. The molecule has 27 heavy (non-hydrogen) atoms. The van der Waals surface area contributed by atoms with Crippen LogP contribution in [0.2, 0.25) is 0 Å². The van der Waals surface area contributed by atoms with Crippen LogP contribution in [0.3, 0.4) is 0 Å². The lowest BCUT2D eigenvalue weighted by atomic mass is 10.1. The van der Waals surface area contributed by atoms with Gasteiger partial charge in [-0.1, -0.05) is 12.1 Å². The van der Waals surface area contributed by atoms with E-state index >= 15 is 0 Å². The number of nitrogens with one attached hydrogen (secondary N) is 1. The lowest BCUT2D eigenvalue weighted by Gasteiger charge is -2.11. The summed E-state index contributed by atoms with van der Waals surface area (Å²) in [7, 11) is 1.67. The number of anilines is 2. The maximum absolute atomic E-state index is 5.28. The molecule has 0 aliphatic rings. The maximum Gasteiger partial charge on any atom is 0.236 e. The monoisotopic (exact) mass is 358 g/mol. The minimum Gasteiger partial charge on any atom is -0.497 e. The molecule has 0 radical (unpaired) electrons. The Labute approximate surface area is 158 Å². The Morgan fingerprint density at radius 2 is 1.70 bits per heavy atom. The van der Waals surface area contributed by atoms with Crippen LogP contribution in [-0.2, 0) is 0 Å². The molecule has 1 N–H and O–H groups in total. The van der Waals surface area contributed by atoms with E-state index in [0.29, 0.717) is 5.78 Å². The molecule has 2 aromatic heterocycles. The van der Waals surface area contributed by atoms with E-state index < -0.39 is 0 Å². The Kier molecular flexibility index (Phi) is 4.28. The van der Waals surface area contributed by atoms with E-state index in [0.717, 1.165) is 39.9 Å². The average Bonchev–Trinajstić information content (AvgIpc) is 3.00. The molecule has 2 aromatic carbocycles. The Morgan fingerprint density at radius 3 is 2.41 bits per heavy atom. The predicted molar refractivity (Wildman–Crippen MR) is 109 cm³/mol. The standard InChI is InChI=1S/C22H22N4O/c1-14-6-5-7-18(12-14)24-21-20(17-8-10-19(27-4)11-9-17)25-22-23-15(2)13-16(3)26(21)22/h5-13,24H,1-4H3. The highest BCUT2D eigenvalue weighted by Gasteiger charge is 2.17. The fourth-order valence-electron chi connectivity index (χ4n) is 3.30. The first-order chi connectivity index (χ1) is 13.0. The number of hydrogen-bond donors (Lipinski definition) is 1. The normalized spacial score (nSPS) is 11.0. The van der Waals surface area contributed by atoms with Crippen molar-refractivity contribution >= 4 is 17.3 Å². The molecule has 0 unspecified atom stereocenters. The summed E-state index contributed by atoms with van der Waals surface area (Å²) < 4.78 is 7.35. The van der Waals surface area contributed by atoms with Crippen LogP contribution in [0, 0.1) is 20.8 Å². The molecule has 5 heteroatoms. The van der Waals surface area contributed by atoms with E-state index in [9.17, 15) is 0 Å². The van der Waals surface area contributed by atoms with Gasteiger partial charge in [-0.05, 0) is 68.8 Å². The van der Waals surface area contributed by atoms with Gasteiger partial charge >= 0.3 is 0 Å². The molecule has 0 bridgehead atoms. The minimum atomic E-state index is 0.688. The van der Waals surface area contributed by atoms with Gasteiger partial charge in [0.15, 0.2) is 0 Å². The molecule has 0 atom stereocenters. The molecule has 0 aliphatic carbocycles. The maximum atomic E-state index is 5.28. The van der Waals surface area contributed by atoms with Crippen molar-refractivity contribution in [2.45, 2.75) is 20.8 Å². The summed E-state index contributed by atoms with van der Waals surface area (Å²) >= 11 is 0. The Hall–Kier alpha value is -3.34. The zero-order valence-corrected chi connectivity index (χ0v) is 15.9. The molecule has 2 heterocycles. The van der Waals surface area contributed by atoms with Crippen LogP contribution in [-0.4, -0.2) is 21.5 Å². The molecule has 4 rings (SSSR count). The number of methoxy groups -OCH3 is 1. The van der Waals surface area contributed by atoms with Crippen molar-refractivity contribution < 1.29 is 4.74 Å². The van der Waals surface area contributed by atoms with E-state index in [1.165, 1.54) is 5.56 Å². The quantitative estimate of drug-likeness (QED) is 0.553. The van der Waals surface area contributed by atoms with Gasteiger partial charge in [0.05, 0.1) is 7.11 Å². The SMILES string of the molecule is COc1ccc(-c2nc3nc(C)cc(C)n3c2Nc2cccc(C)c2)cc1. The molecule has 136 valence electrons. The number of nitrogens with zero attached hydrogens (tertiary/aromatic N) is 3. The van der Waals surface area contributed by atoms with E-state index in [1.807, 2.05) is 37.3 Å². The summed E-state index contributed by atoms with van der Waals surface area (Å²) in [5, 5.41) is 3.55. The first-order valence-corrected chi connectivity index (χ1v) is 8.90. The lowest BCUT2D eigenvalue weighted by Crippen LogP contribution is -2.01. The van der Waals surface area contributed by atoms with Gasteiger partial charge in [-0.3, -0.25) is 4.40 Å². The van der Waals surface area contributed by atoms with E-state index in [2.05, 4.69) is 52.8 Å². The Morgan fingerprint density at radius 1 is 0.926 bits per heavy atom. The van der Waals surface area contributed by atoms with Gasteiger partial charge in [0, 0.05) is 22.6 Å². The number of aromatic nitrogens is 3. The molecule has 4 aromatic rings. The number of fused-ring (bicyclic) bond motifs is 1.